The van der Waals surface area contributed by atoms with E-state index in [1.165, 1.54) is 5.56 Å². The van der Waals surface area contributed by atoms with Crippen molar-refractivity contribution < 1.29 is 9.84 Å². The van der Waals surface area contributed by atoms with Crippen LogP contribution in [0.25, 0.3) is 0 Å². The van der Waals surface area contributed by atoms with E-state index in [9.17, 15) is 5.11 Å². The summed E-state index contributed by atoms with van der Waals surface area (Å²) < 4.78 is 5.41. The van der Waals surface area contributed by atoms with Crippen LogP contribution in [0.5, 0.6) is 11.5 Å². The minimum absolute atomic E-state index is 0.285. The minimum Gasteiger partial charge on any atom is -0.508 e. The van der Waals surface area contributed by atoms with Crippen molar-refractivity contribution in [3.63, 3.8) is 0 Å². The van der Waals surface area contributed by atoms with Crippen LogP contribution in [0.2, 0.25) is 0 Å². The zero-order valence-electron chi connectivity index (χ0n) is 10.5. The lowest BCUT2D eigenvalue weighted by molar-refractivity contribution is 0.404. The second-order valence-corrected chi connectivity index (χ2v) is 5.05. The third kappa shape index (κ3) is 2.99. The van der Waals surface area contributed by atoms with E-state index in [0.29, 0.717) is 0 Å². The first-order valence-corrected chi connectivity index (χ1v) is 6.68. The fourth-order valence-corrected chi connectivity index (χ4v) is 2.56. The first kappa shape index (κ1) is 12.8. The Morgan fingerprint density at radius 3 is 2.44 bits per heavy atom. The molecule has 94 valence electrons. The number of rotatable bonds is 4. The van der Waals surface area contributed by atoms with Crippen molar-refractivity contribution in [1.29, 1.82) is 0 Å². The zero-order valence-corrected chi connectivity index (χ0v) is 11.3. The molecule has 1 N–H and O–H groups in total. The predicted molar refractivity (Wildman–Crippen MR) is 74.6 cm³/mol. The van der Waals surface area contributed by atoms with Crippen LogP contribution in [0.1, 0.15) is 12.5 Å². The van der Waals surface area contributed by atoms with Gasteiger partial charge in [0, 0.05) is 4.90 Å². The Kier molecular flexibility index (Phi) is 4.15. The molecule has 0 bridgehead atoms. The Labute approximate surface area is 112 Å². The Morgan fingerprint density at radius 1 is 1.11 bits per heavy atom. The molecule has 0 atom stereocenters. The summed E-state index contributed by atoms with van der Waals surface area (Å²) in [6.07, 6.45) is 1.00. The molecule has 0 unspecified atom stereocenters. The molecule has 2 aromatic rings. The summed E-state index contributed by atoms with van der Waals surface area (Å²) in [5, 5.41) is 9.26. The monoisotopic (exact) mass is 260 g/mol. The predicted octanol–water partition coefficient (Wildman–Crippen LogP) is 4.11. The number of aromatic hydroxyl groups is 1. The molecule has 0 aliphatic carbocycles. The maximum absolute atomic E-state index is 9.26. The molecular weight excluding hydrogens is 244 g/mol. The maximum atomic E-state index is 9.26. The van der Waals surface area contributed by atoms with Gasteiger partial charge >= 0.3 is 0 Å². The highest BCUT2D eigenvalue weighted by atomic mass is 32.2. The molecular formula is C15H16O2S. The van der Waals surface area contributed by atoms with E-state index in [2.05, 4.69) is 25.1 Å². The molecule has 0 saturated heterocycles. The maximum Gasteiger partial charge on any atom is 0.133 e. The molecule has 2 aromatic carbocycles. The fraction of sp³-hybridized carbons (Fsp3) is 0.200. The van der Waals surface area contributed by atoms with Crippen LogP contribution in [0.15, 0.2) is 52.3 Å². The number of hydrogen-bond donors (Lipinski definition) is 1. The van der Waals surface area contributed by atoms with Gasteiger partial charge < -0.3 is 9.84 Å². The zero-order chi connectivity index (χ0) is 13.0. The van der Waals surface area contributed by atoms with Crippen LogP contribution in [0.3, 0.4) is 0 Å². The van der Waals surface area contributed by atoms with Crippen molar-refractivity contribution in [3.8, 4) is 11.5 Å². The third-order valence-corrected chi connectivity index (χ3v) is 3.77. The highest BCUT2D eigenvalue weighted by Crippen LogP contribution is 2.36. The number of ether oxygens (including phenoxy) is 1. The van der Waals surface area contributed by atoms with Gasteiger partial charge in [-0.15, -0.1) is 0 Å². The Morgan fingerprint density at radius 2 is 1.83 bits per heavy atom. The van der Waals surface area contributed by atoms with E-state index in [0.717, 1.165) is 22.0 Å². The van der Waals surface area contributed by atoms with Crippen molar-refractivity contribution in [2.45, 2.75) is 23.1 Å². The first-order chi connectivity index (χ1) is 8.72. The van der Waals surface area contributed by atoms with Crippen LogP contribution < -0.4 is 4.74 Å². The van der Waals surface area contributed by atoms with E-state index < -0.39 is 0 Å². The standard InChI is InChI=1S/C15H16O2S/c1-3-11-4-9-15(14(10-11)17-2)18-13-7-5-12(16)6-8-13/h4-10,16H,3H2,1-2H3. The smallest absolute Gasteiger partial charge is 0.133 e. The van der Waals surface area contributed by atoms with Crippen LogP contribution in [0, 0.1) is 0 Å². The average Bonchev–Trinajstić information content (AvgIpc) is 2.41. The van der Waals surface area contributed by atoms with Crippen LogP contribution in [-0.2, 0) is 6.42 Å². The summed E-state index contributed by atoms with van der Waals surface area (Å²) >= 11 is 1.63. The number of phenols is 1. The molecule has 0 aliphatic rings. The molecule has 0 aromatic heterocycles. The Bertz CT molecular complexity index is 521. The van der Waals surface area contributed by atoms with Gasteiger partial charge in [-0.2, -0.15) is 0 Å². The molecule has 0 heterocycles. The third-order valence-electron chi connectivity index (χ3n) is 2.70. The van der Waals surface area contributed by atoms with Crippen LogP contribution in [0.4, 0.5) is 0 Å². The van der Waals surface area contributed by atoms with Gasteiger partial charge in [-0.05, 0) is 48.4 Å². The van der Waals surface area contributed by atoms with Crippen molar-refractivity contribution >= 4 is 11.8 Å². The quantitative estimate of drug-likeness (QED) is 0.897. The summed E-state index contributed by atoms with van der Waals surface area (Å²) in [7, 11) is 1.69. The van der Waals surface area contributed by atoms with E-state index >= 15 is 0 Å². The van der Waals surface area contributed by atoms with Crippen molar-refractivity contribution in [1.82, 2.24) is 0 Å². The van der Waals surface area contributed by atoms with Gasteiger partial charge in [0.2, 0.25) is 0 Å². The molecule has 0 fully saturated rings. The Hall–Kier alpha value is -1.61. The fourth-order valence-electron chi connectivity index (χ4n) is 1.66. The number of phenolic OH excluding ortho intramolecular Hbond substituents is 1. The SMILES string of the molecule is CCc1ccc(Sc2ccc(O)cc2)c(OC)c1. The molecule has 18 heavy (non-hydrogen) atoms. The van der Waals surface area contributed by atoms with Gasteiger partial charge in [0.15, 0.2) is 0 Å². The van der Waals surface area contributed by atoms with Gasteiger partial charge in [0.1, 0.15) is 11.5 Å². The lowest BCUT2D eigenvalue weighted by Gasteiger charge is -2.09. The van der Waals surface area contributed by atoms with Gasteiger partial charge in [0.05, 0.1) is 12.0 Å². The molecule has 2 nitrogen and oxygen atoms in total. The largest absolute Gasteiger partial charge is 0.508 e. The lowest BCUT2D eigenvalue weighted by atomic mass is 10.2. The summed E-state index contributed by atoms with van der Waals surface area (Å²) in [6, 6.07) is 13.4. The van der Waals surface area contributed by atoms with E-state index in [1.54, 1.807) is 31.0 Å². The van der Waals surface area contributed by atoms with Crippen molar-refractivity contribution in [3.05, 3.63) is 48.0 Å². The van der Waals surface area contributed by atoms with Gasteiger partial charge in [-0.25, -0.2) is 0 Å². The molecule has 0 radical (unpaired) electrons. The van der Waals surface area contributed by atoms with Crippen LogP contribution in [-0.4, -0.2) is 12.2 Å². The van der Waals surface area contributed by atoms with Crippen LogP contribution >= 0.6 is 11.8 Å². The molecule has 0 saturated carbocycles. The van der Waals surface area contributed by atoms with E-state index in [1.807, 2.05) is 12.1 Å². The molecule has 2 rings (SSSR count). The average molecular weight is 260 g/mol. The number of methoxy groups -OCH3 is 1. The number of benzene rings is 2. The van der Waals surface area contributed by atoms with E-state index in [4.69, 9.17) is 4.74 Å². The molecule has 0 spiro atoms. The van der Waals surface area contributed by atoms with Gasteiger partial charge in [-0.1, -0.05) is 24.8 Å². The minimum atomic E-state index is 0.285. The molecule has 0 amide bonds. The summed E-state index contributed by atoms with van der Waals surface area (Å²) in [4.78, 5) is 2.16. The first-order valence-electron chi connectivity index (χ1n) is 5.86. The number of hydrogen-bond acceptors (Lipinski definition) is 3. The van der Waals surface area contributed by atoms with Gasteiger partial charge in [-0.3, -0.25) is 0 Å². The lowest BCUT2D eigenvalue weighted by Crippen LogP contribution is -1.89. The second-order valence-electron chi connectivity index (χ2n) is 3.93. The molecule has 0 aliphatic heterocycles. The normalized spacial score (nSPS) is 10.3. The highest BCUT2D eigenvalue weighted by molar-refractivity contribution is 7.99. The summed E-state index contributed by atoms with van der Waals surface area (Å²) in [5.41, 5.74) is 1.27. The summed E-state index contributed by atoms with van der Waals surface area (Å²) in [6.45, 7) is 2.13. The van der Waals surface area contributed by atoms with Gasteiger partial charge in [0.25, 0.3) is 0 Å². The topological polar surface area (TPSA) is 29.5 Å². The van der Waals surface area contributed by atoms with Crippen molar-refractivity contribution in [2.24, 2.45) is 0 Å². The summed E-state index contributed by atoms with van der Waals surface area (Å²) in [5.74, 6) is 1.18. The highest BCUT2D eigenvalue weighted by Gasteiger charge is 2.06. The van der Waals surface area contributed by atoms with Crippen molar-refractivity contribution in [2.75, 3.05) is 7.11 Å². The molecule has 3 heteroatoms. The number of aryl methyl sites for hydroxylation is 1. The second kappa shape index (κ2) is 5.83. The Balaban J connectivity index is 2.25. The van der Waals surface area contributed by atoms with E-state index in [-0.39, 0.29) is 5.75 Å².